The number of nitrogens with one attached hydrogen (secondary N) is 2. The molecule has 0 saturated carbocycles. The van der Waals surface area contributed by atoms with E-state index in [1.807, 2.05) is 24.4 Å². The molecular formula is C16H21N3O2. The minimum absolute atomic E-state index is 0.600. The van der Waals surface area contributed by atoms with Gasteiger partial charge in [-0.3, -0.25) is 0 Å². The van der Waals surface area contributed by atoms with Crippen molar-refractivity contribution >= 4 is 16.6 Å². The third kappa shape index (κ3) is 3.19. The van der Waals surface area contributed by atoms with Crippen LogP contribution in [-0.2, 0) is 0 Å². The minimum atomic E-state index is 0.600. The van der Waals surface area contributed by atoms with Crippen LogP contribution in [0.1, 0.15) is 13.3 Å². The van der Waals surface area contributed by atoms with Crippen LogP contribution in [0.5, 0.6) is 11.5 Å². The minimum Gasteiger partial charge on any atom is -0.486 e. The topological polar surface area (TPSA) is 55.4 Å². The van der Waals surface area contributed by atoms with Crippen molar-refractivity contribution < 1.29 is 9.47 Å². The molecule has 2 aromatic rings. The van der Waals surface area contributed by atoms with E-state index in [9.17, 15) is 0 Å². The Hall–Kier alpha value is -2.01. The van der Waals surface area contributed by atoms with E-state index in [-0.39, 0.29) is 0 Å². The molecule has 3 rings (SSSR count). The Balaban J connectivity index is 1.78. The Morgan fingerprint density at radius 3 is 2.71 bits per heavy atom. The number of anilines is 1. The molecule has 21 heavy (non-hydrogen) atoms. The zero-order valence-corrected chi connectivity index (χ0v) is 12.3. The molecule has 0 fully saturated rings. The summed E-state index contributed by atoms with van der Waals surface area (Å²) in [7, 11) is 0. The van der Waals surface area contributed by atoms with Crippen molar-refractivity contribution in [1.82, 2.24) is 10.3 Å². The average Bonchev–Trinajstić information content (AvgIpc) is 2.53. The first-order valence-electron chi connectivity index (χ1n) is 7.51. The van der Waals surface area contributed by atoms with Crippen LogP contribution in [0.4, 0.5) is 5.82 Å². The van der Waals surface area contributed by atoms with Crippen molar-refractivity contribution in [3.05, 3.63) is 24.4 Å². The first-order valence-corrected chi connectivity index (χ1v) is 7.51. The molecule has 1 aliphatic rings. The highest BCUT2D eigenvalue weighted by Gasteiger charge is 2.14. The highest BCUT2D eigenvalue weighted by atomic mass is 16.6. The molecule has 0 unspecified atom stereocenters. The second-order valence-corrected chi connectivity index (χ2v) is 5.05. The van der Waals surface area contributed by atoms with Crippen LogP contribution in [-0.4, -0.2) is 37.8 Å². The Morgan fingerprint density at radius 2 is 1.90 bits per heavy atom. The maximum Gasteiger partial charge on any atom is 0.162 e. The number of hydrogen-bond donors (Lipinski definition) is 2. The number of hydrogen-bond acceptors (Lipinski definition) is 5. The molecule has 0 saturated heterocycles. The zero-order valence-electron chi connectivity index (χ0n) is 12.3. The summed E-state index contributed by atoms with van der Waals surface area (Å²) in [5.74, 6) is 2.51. The van der Waals surface area contributed by atoms with Gasteiger partial charge >= 0.3 is 0 Å². The lowest BCUT2D eigenvalue weighted by Crippen LogP contribution is -2.23. The van der Waals surface area contributed by atoms with Crippen molar-refractivity contribution in [3.8, 4) is 11.5 Å². The summed E-state index contributed by atoms with van der Waals surface area (Å²) < 4.78 is 11.3. The van der Waals surface area contributed by atoms with Gasteiger partial charge in [0.1, 0.15) is 19.0 Å². The van der Waals surface area contributed by atoms with Gasteiger partial charge in [0, 0.05) is 24.7 Å². The zero-order chi connectivity index (χ0) is 14.5. The number of fused-ring (bicyclic) bond motifs is 2. The lowest BCUT2D eigenvalue weighted by atomic mass is 10.1. The summed E-state index contributed by atoms with van der Waals surface area (Å²) in [6.45, 7) is 6.19. The molecule has 1 aromatic carbocycles. The first-order chi connectivity index (χ1) is 10.4. The van der Waals surface area contributed by atoms with Gasteiger partial charge in [-0.05, 0) is 36.6 Å². The summed E-state index contributed by atoms with van der Waals surface area (Å²) in [6, 6.07) is 6.03. The van der Waals surface area contributed by atoms with Gasteiger partial charge in [0.15, 0.2) is 11.5 Å². The van der Waals surface area contributed by atoms with Crippen molar-refractivity contribution in [2.75, 3.05) is 38.2 Å². The van der Waals surface area contributed by atoms with Crippen molar-refractivity contribution in [2.24, 2.45) is 0 Å². The summed E-state index contributed by atoms with van der Waals surface area (Å²) in [5, 5.41) is 8.93. The van der Waals surface area contributed by atoms with E-state index >= 15 is 0 Å². The third-order valence-electron chi connectivity index (χ3n) is 3.45. The molecule has 0 radical (unpaired) electrons. The smallest absolute Gasteiger partial charge is 0.162 e. The first kappa shape index (κ1) is 13.9. The van der Waals surface area contributed by atoms with Crippen LogP contribution in [0.15, 0.2) is 24.4 Å². The van der Waals surface area contributed by atoms with Crippen molar-refractivity contribution in [2.45, 2.75) is 13.3 Å². The van der Waals surface area contributed by atoms with Crippen LogP contribution >= 0.6 is 0 Å². The van der Waals surface area contributed by atoms with Gasteiger partial charge in [0.05, 0.1) is 0 Å². The summed E-state index contributed by atoms with van der Waals surface area (Å²) >= 11 is 0. The van der Waals surface area contributed by atoms with E-state index in [0.717, 1.165) is 54.1 Å². The van der Waals surface area contributed by atoms with Gasteiger partial charge < -0.3 is 20.1 Å². The van der Waals surface area contributed by atoms with E-state index in [1.54, 1.807) is 0 Å². The van der Waals surface area contributed by atoms with Gasteiger partial charge in [-0.15, -0.1) is 0 Å². The van der Waals surface area contributed by atoms with Gasteiger partial charge in [0.25, 0.3) is 0 Å². The average molecular weight is 287 g/mol. The van der Waals surface area contributed by atoms with Crippen molar-refractivity contribution in [3.63, 3.8) is 0 Å². The highest BCUT2D eigenvalue weighted by molar-refractivity contribution is 5.94. The Kier molecular flexibility index (Phi) is 4.40. The summed E-state index contributed by atoms with van der Waals surface area (Å²) in [6.07, 6.45) is 2.97. The van der Waals surface area contributed by atoms with Crippen LogP contribution in [0.25, 0.3) is 10.8 Å². The van der Waals surface area contributed by atoms with E-state index in [0.29, 0.717) is 13.2 Å². The molecule has 1 aromatic heterocycles. The second kappa shape index (κ2) is 6.63. The Labute approximate surface area is 124 Å². The second-order valence-electron chi connectivity index (χ2n) is 5.05. The lowest BCUT2D eigenvalue weighted by Gasteiger charge is -2.19. The quantitative estimate of drug-likeness (QED) is 0.799. The molecule has 0 atom stereocenters. The molecule has 0 spiro atoms. The largest absolute Gasteiger partial charge is 0.486 e. The molecule has 2 N–H and O–H groups in total. The van der Waals surface area contributed by atoms with Gasteiger partial charge in [-0.25, -0.2) is 4.98 Å². The molecule has 0 aliphatic carbocycles. The molecule has 1 aliphatic heterocycles. The van der Waals surface area contributed by atoms with Crippen LogP contribution in [0, 0.1) is 0 Å². The maximum atomic E-state index is 5.65. The highest BCUT2D eigenvalue weighted by Crippen LogP contribution is 2.36. The number of benzene rings is 1. The fraction of sp³-hybridized carbons (Fsp3) is 0.438. The number of ether oxygens (including phenoxy) is 2. The van der Waals surface area contributed by atoms with Gasteiger partial charge in [-0.2, -0.15) is 0 Å². The van der Waals surface area contributed by atoms with E-state index in [4.69, 9.17) is 9.47 Å². The molecule has 0 amide bonds. The summed E-state index contributed by atoms with van der Waals surface area (Å²) in [4.78, 5) is 4.44. The predicted molar refractivity (Wildman–Crippen MR) is 84.4 cm³/mol. The fourth-order valence-electron chi connectivity index (χ4n) is 2.42. The van der Waals surface area contributed by atoms with E-state index in [2.05, 4.69) is 22.5 Å². The molecule has 5 heteroatoms. The normalized spacial score (nSPS) is 13.4. The number of rotatable bonds is 6. The van der Waals surface area contributed by atoms with Crippen LogP contribution in [0.2, 0.25) is 0 Å². The maximum absolute atomic E-state index is 5.65. The molecule has 5 nitrogen and oxygen atoms in total. The molecular weight excluding hydrogens is 266 g/mol. The molecule has 0 bridgehead atoms. The fourth-order valence-corrected chi connectivity index (χ4v) is 2.42. The van der Waals surface area contributed by atoms with Gasteiger partial charge in [0.2, 0.25) is 0 Å². The predicted octanol–water partition coefficient (Wildman–Crippen LogP) is 2.42. The number of nitrogens with zero attached hydrogens (tertiary/aromatic N) is 1. The third-order valence-corrected chi connectivity index (χ3v) is 3.45. The van der Waals surface area contributed by atoms with Crippen LogP contribution in [0.3, 0.4) is 0 Å². The molecule has 2 heterocycles. The molecule has 112 valence electrons. The van der Waals surface area contributed by atoms with Crippen molar-refractivity contribution in [1.29, 1.82) is 0 Å². The van der Waals surface area contributed by atoms with E-state index < -0.39 is 0 Å². The Bertz CT molecular complexity index is 616. The standard InChI is InChI=1S/C16H21N3O2/c1-2-4-17-6-7-19-16-13-11-15-14(20-8-9-21-15)10-12(13)3-5-18-16/h3,5,10-11,17H,2,4,6-9H2,1H3,(H,18,19). The summed E-state index contributed by atoms with van der Waals surface area (Å²) in [5.41, 5.74) is 0. The monoisotopic (exact) mass is 287 g/mol. The lowest BCUT2D eigenvalue weighted by molar-refractivity contribution is 0.172. The van der Waals surface area contributed by atoms with Gasteiger partial charge in [-0.1, -0.05) is 6.92 Å². The number of pyridine rings is 1. The Morgan fingerprint density at radius 1 is 1.10 bits per heavy atom. The SMILES string of the molecule is CCCNCCNc1nccc2cc3c(cc12)OCCO3. The number of aromatic nitrogens is 1. The van der Waals surface area contributed by atoms with Crippen LogP contribution < -0.4 is 20.1 Å². The van der Waals surface area contributed by atoms with E-state index in [1.165, 1.54) is 0 Å².